The van der Waals surface area contributed by atoms with Gasteiger partial charge in [0.2, 0.25) is 0 Å². The highest BCUT2D eigenvalue weighted by atomic mass is 79.9. The number of carbonyl (C=O) groups excluding carboxylic acids is 1. The van der Waals surface area contributed by atoms with Crippen molar-refractivity contribution in [3.8, 4) is 0 Å². The van der Waals surface area contributed by atoms with Gasteiger partial charge in [0.05, 0.1) is 0 Å². The average Bonchev–Trinajstić information content (AvgIpc) is 2.48. The first-order chi connectivity index (χ1) is 10.5. The van der Waals surface area contributed by atoms with E-state index in [4.69, 9.17) is 12.2 Å². The van der Waals surface area contributed by atoms with Crippen molar-refractivity contribution in [3.63, 3.8) is 0 Å². The van der Waals surface area contributed by atoms with Crippen LogP contribution in [0.1, 0.15) is 10.4 Å². The van der Waals surface area contributed by atoms with E-state index in [1.165, 1.54) is 0 Å². The highest BCUT2D eigenvalue weighted by molar-refractivity contribution is 9.10. The molecule has 2 rings (SSSR count). The van der Waals surface area contributed by atoms with Crippen molar-refractivity contribution in [2.75, 3.05) is 24.3 Å². The molecule has 0 aromatic heterocycles. The lowest BCUT2D eigenvalue weighted by atomic mass is 10.2. The summed E-state index contributed by atoms with van der Waals surface area (Å²) in [5.41, 5.74) is 2.47. The molecule has 0 aliphatic rings. The predicted octanol–water partition coefficient (Wildman–Crippen LogP) is 3.64. The van der Waals surface area contributed by atoms with Crippen LogP contribution in [0, 0.1) is 0 Å². The minimum absolute atomic E-state index is 0.241. The molecule has 0 unspecified atom stereocenters. The second kappa shape index (κ2) is 7.38. The predicted molar refractivity (Wildman–Crippen MR) is 98.6 cm³/mol. The van der Waals surface area contributed by atoms with Crippen molar-refractivity contribution in [1.82, 2.24) is 5.32 Å². The smallest absolute Gasteiger partial charge is 0.257 e. The molecule has 22 heavy (non-hydrogen) atoms. The Kier molecular flexibility index (Phi) is 5.51. The summed E-state index contributed by atoms with van der Waals surface area (Å²) in [6, 6.07) is 14.8. The first kappa shape index (κ1) is 16.5. The molecule has 4 nitrogen and oxygen atoms in total. The van der Waals surface area contributed by atoms with Gasteiger partial charge in [-0.25, -0.2) is 0 Å². The summed E-state index contributed by atoms with van der Waals surface area (Å²) in [6.07, 6.45) is 0. The van der Waals surface area contributed by atoms with Crippen molar-refractivity contribution in [1.29, 1.82) is 0 Å². The van der Waals surface area contributed by atoms with Crippen LogP contribution >= 0.6 is 28.1 Å². The van der Waals surface area contributed by atoms with Crippen molar-refractivity contribution < 1.29 is 4.79 Å². The molecule has 0 fully saturated rings. The average molecular weight is 378 g/mol. The van der Waals surface area contributed by atoms with Crippen molar-refractivity contribution >= 4 is 50.5 Å². The van der Waals surface area contributed by atoms with Gasteiger partial charge in [0.25, 0.3) is 5.91 Å². The molecule has 2 aromatic carbocycles. The fraction of sp³-hybridized carbons (Fsp3) is 0.125. The number of anilines is 2. The Labute approximate surface area is 143 Å². The molecule has 0 saturated carbocycles. The molecule has 0 radical (unpaired) electrons. The van der Waals surface area contributed by atoms with Gasteiger partial charge in [-0.3, -0.25) is 10.1 Å². The molecule has 0 bridgehead atoms. The van der Waals surface area contributed by atoms with Crippen LogP contribution in [-0.2, 0) is 0 Å². The number of nitrogens with zero attached hydrogens (tertiary/aromatic N) is 1. The molecule has 6 heteroatoms. The van der Waals surface area contributed by atoms with Crippen LogP contribution in [0.25, 0.3) is 0 Å². The first-order valence-corrected chi connectivity index (χ1v) is 7.81. The van der Waals surface area contributed by atoms with E-state index in [-0.39, 0.29) is 11.0 Å². The summed E-state index contributed by atoms with van der Waals surface area (Å²) in [5, 5.41) is 5.92. The molecule has 0 atom stereocenters. The van der Waals surface area contributed by atoms with Crippen LogP contribution in [0.5, 0.6) is 0 Å². The molecule has 2 N–H and O–H groups in total. The van der Waals surface area contributed by atoms with E-state index in [9.17, 15) is 4.79 Å². The number of halogens is 1. The normalized spacial score (nSPS) is 9.95. The Morgan fingerprint density at radius 3 is 2.18 bits per heavy atom. The maximum Gasteiger partial charge on any atom is 0.257 e. The Morgan fingerprint density at radius 2 is 1.64 bits per heavy atom. The summed E-state index contributed by atoms with van der Waals surface area (Å²) in [7, 11) is 3.96. The van der Waals surface area contributed by atoms with Gasteiger partial charge >= 0.3 is 0 Å². The second-order valence-electron chi connectivity index (χ2n) is 4.86. The molecule has 1 amide bonds. The molecule has 2 aromatic rings. The number of rotatable bonds is 3. The summed E-state index contributed by atoms with van der Waals surface area (Å²) >= 11 is 8.49. The Balaban J connectivity index is 1.94. The molecule has 0 saturated heterocycles. The van der Waals surface area contributed by atoms with Gasteiger partial charge in [0.1, 0.15) is 0 Å². The fourth-order valence-corrected chi connectivity index (χ4v) is 2.26. The van der Waals surface area contributed by atoms with Gasteiger partial charge < -0.3 is 10.2 Å². The summed E-state index contributed by atoms with van der Waals surface area (Å²) in [6.45, 7) is 0. The lowest BCUT2D eigenvalue weighted by Crippen LogP contribution is -2.34. The van der Waals surface area contributed by atoms with E-state index in [2.05, 4.69) is 26.6 Å². The third-order valence-corrected chi connectivity index (χ3v) is 3.71. The SMILES string of the molecule is CN(C)c1ccc(NC(=S)NC(=O)c2ccc(Br)cc2)cc1. The zero-order chi connectivity index (χ0) is 16.1. The van der Waals surface area contributed by atoms with E-state index in [0.29, 0.717) is 5.56 Å². The van der Waals surface area contributed by atoms with E-state index >= 15 is 0 Å². The number of amides is 1. The van der Waals surface area contributed by atoms with Gasteiger partial charge in [0.15, 0.2) is 5.11 Å². The van der Waals surface area contributed by atoms with Gasteiger partial charge in [-0.2, -0.15) is 0 Å². The number of hydrogen-bond acceptors (Lipinski definition) is 3. The molecular weight excluding hydrogens is 362 g/mol. The monoisotopic (exact) mass is 377 g/mol. The van der Waals surface area contributed by atoms with E-state index < -0.39 is 0 Å². The Morgan fingerprint density at radius 1 is 1.05 bits per heavy atom. The van der Waals surface area contributed by atoms with Crippen molar-refractivity contribution in [2.45, 2.75) is 0 Å². The molecule has 0 aliphatic carbocycles. The molecule has 0 spiro atoms. The third-order valence-electron chi connectivity index (χ3n) is 2.98. The van der Waals surface area contributed by atoms with Gasteiger partial charge in [-0.1, -0.05) is 15.9 Å². The van der Waals surface area contributed by atoms with E-state index in [1.54, 1.807) is 12.1 Å². The van der Waals surface area contributed by atoms with Crippen molar-refractivity contribution in [2.24, 2.45) is 0 Å². The van der Waals surface area contributed by atoms with Crippen LogP contribution in [-0.4, -0.2) is 25.1 Å². The number of hydrogen-bond donors (Lipinski definition) is 2. The number of benzene rings is 2. The number of carbonyl (C=O) groups is 1. The standard InChI is InChI=1S/C16H16BrN3OS/c1-20(2)14-9-7-13(8-10-14)18-16(22)19-15(21)11-3-5-12(17)6-4-11/h3-10H,1-2H3,(H2,18,19,21,22). The third kappa shape index (κ3) is 4.54. The number of thiocarbonyl (C=S) groups is 1. The topological polar surface area (TPSA) is 44.4 Å². The first-order valence-electron chi connectivity index (χ1n) is 6.61. The van der Waals surface area contributed by atoms with Crippen LogP contribution in [0.2, 0.25) is 0 Å². The minimum Gasteiger partial charge on any atom is -0.378 e. The largest absolute Gasteiger partial charge is 0.378 e. The molecule has 0 heterocycles. The fourth-order valence-electron chi connectivity index (χ4n) is 1.78. The van der Waals surface area contributed by atoms with Crippen LogP contribution in [0.4, 0.5) is 11.4 Å². The van der Waals surface area contributed by atoms with Crippen LogP contribution in [0.15, 0.2) is 53.0 Å². The maximum atomic E-state index is 12.0. The van der Waals surface area contributed by atoms with Crippen LogP contribution < -0.4 is 15.5 Å². The molecule has 0 aliphatic heterocycles. The molecule has 114 valence electrons. The lowest BCUT2D eigenvalue weighted by Gasteiger charge is -2.14. The van der Waals surface area contributed by atoms with Gasteiger partial charge in [-0.15, -0.1) is 0 Å². The highest BCUT2D eigenvalue weighted by Gasteiger charge is 2.07. The number of nitrogens with one attached hydrogen (secondary N) is 2. The Bertz CT molecular complexity index is 669. The maximum absolute atomic E-state index is 12.0. The van der Waals surface area contributed by atoms with Gasteiger partial charge in [0, 0.05) is 35.5 Å². The Hall–Kier alpha value is -1.92. The molecular formula is C16H16BrN3OS. The zero-order valence-electron chi connectivity index (χ0n) is 12.3. The van der Waals surface area contributed by atoms with E-state index in [0.717, 1.165) is 15.8 Å². The summed E-state index contributed by atoms with van der Waals surface area (Å²) < 4.78 is 0.922. The van der Waals surface area contributed by atoms with E-state index in [1.807, 2.05) is 55.4 Å². The zero-order valence-corrected chi connectivity index (χ0v) is 14.7. The summed E-state index contributed by atoms with van der Waals surface area (Å²) in [5.74, 6) is -0.241. The second-order valence-corrected chi connectivity index (χ2v) is 6.18. The lowest BCUT2D eigenvalue weighted by molar-refractivity contribution is 0.0977. The van der Waals surface area contributed by atoms with Crippen LogP contribution in [0.3, 0.4) is 0 Å². The quantitative estimate of drug-likeness (QED) is 0.801. The minimum atomic E-state index is -0.241. The summed E-state index contributed by atoms with van der Waals surface area (Å²) in [4.78, 5) is 14.1. The highest BCUT2D eigenvalue weighted by Crippen LogP contribution is 2.15. The van der Waals surface area contributed by atoms with Gasteiger partial charge in [-0.05, 0) is 60.7 Å². The van der Waals surface area contributed by atoms with Crippen molar-refractivity contribution in [3.05, 3.63) is 58.6 Å².